The minimum Gasteiger partial charge on any atom is -0.465 e. The van der Waals surface area contributed by atoms with E-state index in [9.17, 15) is 9.59 Å². The first-order chi connectivity index (χ1) is 11.0. The number of rotatable bonds is 6. The molecule has 0 atom stereocenters. The molecule has 0 spiro atoms. The molecule has 2 aliphatic rings. The predicted molar refractivity (Wildman–Crippen MR) is 88.9 cm³/mol. The molecular weight excluding hydrogens is 292 g/mol. The van der Waals surface area contributed by atoms with Crippen molar-refractivity contribution in [3.05, 3.63) is 0 Å². The molecule has 0 radical (unpaired) electrons. The van der Waals surface area contributed by atoms with Gasteiger partial charge in [0.2, 0.25) is 0 Å². The van der Waals surface area contributed by atoms with Crippen LogP contribution in [0.1, 0.15) is 84.5 Å². The second-order valence-electron chi connectivity index (χ2n) is 7.77. The molecule has 0 aliphatic heterocycles. The molecule has 4 nitrogen and oxygen atoms in total. The molecule has 23 heavy (non-hydrogen) atoms. The van der Waals surface area contributed by atoms with Crippen molar-refractivity contribution in [1.29, 1.82) is 0 Å². The standard InChI is InChI=1S/C19H32O4/c1-19(2,23-18(21)16-11-7-4-8-12-16)13-14-22-17(20)15-9-5-3-6-10-15/h15-16H,3-14H2,1-2H3. The summed E-state index contributed by atoms with van der Waals surface area (Å²) in [5.74, 6) is -0.00289. The average Bonchev–Trinajstić information content (AvgIpc) is 2.55. The Hall–Kier alpha value is -1.06. The van der Waals surface area contributed by atoms with Crippen molar-refractivity contribution in [2.75, 3.05) is 6.61 Å². The molecule has 0 amide bonds. The molecule has 132 valence electrons. The van der Waals surface area contributed by atoms with E-state index >= 15 is 0 Å². The van der Waals surface area contributed by atoms with Gasteiger partial charge in [0.15, 0.2) is 0 Å². The van der Waals surface area contributed by atoms with Gasteiger partial charge < -0.3 is 9.47 Å². The zero-order valence-electron chi connectivity index (χ0n) is 14.8. The van der Waals surface area contributed by atoms with Crippen LogP contribution in [-0.4, -0.2) is 24.1 Å². The van der Waals surface area contributed by atoms with E-state index in [1.807, 2.05) is 13.8 Å². The van der Waals surface area contributed by atoms with Crippen molar-refractivity contribution < 1.29 is 19.1 Å². The molecule has 0 bridgehead atoms. The van der Waals surface area contributed by atoms with E-state index in [1.165, 1.54) is 12.8 Å². The zero-order valence-corrected chi connectivity index (χ0v) is 14.8. The minimum absolute atomic E-state index is 0.0628. The molecule has 2 fully saturated rings. The van der Waals surface area contributed by atoms with Crippen LogP contribution in [-0.2, 0) is 19.1 Å². The lowest BCUT2D eigenvalue weighted by Gasteiger charge is -2.29. The summed E-state index contributed by atoms with van der Waals surface area (Å²) in [5, 5.41) is 0. The largest absolute Gasteiger partial charge is 0.465 e. The van der Waals surface area contributed by atoms with Crippen LogP contribution in [0, 0.1) is 11.8 Å². The van der Waals surface area contributed by atoms with E-state index in [-0.39, 0.29) is 23.8 Å². The molecule has 2 saturated carbocycles. The van der Waals surface area contributed by atoms with Gasteiger partial charge in [0.1, 0.15) is 5.60 Å². The first kappa shape index (κ1) is 18.3. The molecule has 0 heterocycles. The van der Waals surface area contributed by atoms with Crippen LogP contribution in [0.4, 0.5) is 0 Å². The van der Waals surface area contributed by atoms with Crippen LogP contribution in [0.3, 0.4) is 0 Å². The SMILES string of the molecule is CC(C)(CCOC(=O)C1CCCCC1)OC(=O)C1CCCCC1. The highest BCUT2D eigenvalue weighted by Gasteiger charge is 2.30. The Bertz CT molecular complexity index is 390. The molecule has 0 saturated heterocycles. The number of carbonyl (C=O) groups is 2. The van der Waals surface area contributed by atoms with Crippen molar-refractivity contribution in [1.82, 2.24) is 0 Å². The van der Waals surface area contributed by atoms with E-state index in [0.29, 0.717) is 13.0 Å². The maximum Gasteiger partial charge on any atom is 0.309 e. The Balaban J connectivity index is 1.68. The summed E-state index contributed by atoms with van der Waals surface area (Å²) in [6.07, 6.45) is 11.3. The van der Waals surface area contributed by atoms with E-state index in [0.717, 1.165) is 51.4 Å². The van der Waals surface area contributed by atoms with E-state index in [1.54, 1.807) is 0 Å². The van der Waals surface area contributed by atoms with Crippen molar-refractivity contribution >= 4 is 11.9 Å². The molecule has 0 unspecified atom stereocenters. The van der Waals surface area contributed by atoms with Gasteiger partial charge in [-0.05, 0) is 39.5 Å². The van der Waals surface area contributed by atoms with Gasteiger partial charge in [-0.15, -0.1) is 0 Å². The summed E-state index contributed by atoms with van der Waals surface area (Å²) in [5.41, 5.74) is -0.568. The zero-order chi connectivity index (χ0) is 16.7. The number of carbonyl (C=O) groups excluding carboxylic acids is 2. The normalized spacial score (nSPS) is 21.0. The number of esters is 2. The fourth-order valence-corrected chi connectivity index (χ4v) is 3.60. The number of hydrogen-bond donors (Lipinski definition) is 0. The van der Waals surface area contributed by atoms with Crippen LogP contribution in [0.5, 0.6) is 0 Å². The van der Waals surface area contributed by atoms with Gasteiger partial charge in [0.25, 0.3) is 0 Å². The van der Waals surface area contributed by atoms with E-state index < -0.39 is 5.60 Å². The maximum atomic E-state index is 12.2. The smallest absolute Gasteiger partial charge is 0.309 e. The molecular formula is C19H32O4. The Morgan fingerprint density at radius 1 is 0.826 bits per heavy atom. The highest BCUT2D eigenvalue weighted by Crippen LogP contribution is 2.28. The molecule has 0 aromatic rings. The van der Waals surface area contributed by atoms with Crippen molar-refractivity contribution in [2.45, 2.75) is 90.1 Å². The van der Waals surface area contributed by atoms with Crippen LogP contribution >= 0.6 is 0 Å². The first-order valence-electron chi connectivity index (χ1n) is 9.37. The minimum atomic E-state index is -0.568. The van der Waals surface area contributed by atoms with Gasteiger partial charge in [-0.1, -0.05) is 38.5 Å². The lowest BCUT2D eigenvalue weighted by Crippen LogP contribution is -2.34. The van der Waals surface area contributed by atoms with E-state index in [2.05, 4.69) is 0 Å². The van der Waals surface area contributed by atoms with Gasteiger partial charge in [-0.3, -0.25) is 9.59 Å². The third-order valence-corrected chi connectivity index (χ3v) is 5.20. The predicted octanol–water partition coefficient (Wildman–Crippen LogP) is 4.40. The second kappa shape index (κ2) is 8.70. The summed E-state index contributed by atoms with van der Waals surface area (Å²) in [6.45, 7) is 4.14. The molecule has 0 aromatic heterocycles. The van der Waals surface area contributed by atoms with Crippen molar-refractivity contribution in [2.24, 2.45) is 11.8 Å². The van der Waals surface area contributed by atoms with E-state index in [4.69, 9.17) is 9.47 Å². The number of ether oxygens (including phenoxy) is 2. The number of hydrogen-bond acceptors (Lipinski definition) is 4. The Morgan fingerprint density at radius 3 is 1.83 bits per heavy atom. The lowest BCUT2D eigenvalue weighted by atomic mass is 9.89. The molecule has 2 aliphatic carbocycles. The Kier molecular flexibility index (Phi) is 6.91. The fourth-order valence-electron chi connectivity index (χ4n) is 3.60. The Labute approximate surface area is 140 Å². The van der Waals surface area contributed by atoms with Crippen molar-refractivity contribution in [3.8, 4) is 0 Å². The van der Waals surface area contributed by atoms with Gasteiger partial charge in [0.05, 0.1) is 18.4 Å². The van der Waals surface area contributed by atoms with Gasteiger partial charge in [-0.25, -0.2) is 0 Å². The average molecular weight is 324 g/mol. The lowest BCUT2D eigenvalue weighted by molar-refractivity contribution is -0.165. The molecule has 4 heteroatoms. The monoisotopic (exact) mass is 324 g/mol. The van der Waals surface area contributed by atoms with Crippen LogP contribution < -0.4 is 0 Å². The van der Waals surface area contributed by atoms with Crippen LogP contribution in [0.15, 0.2) is 0 Å². The highest BCUT2D eigenvalue weighted by molar-refractivity contribution is 5.73. The molecule has 2 rings (SSSR count). The summed E-state index contributed by atoms with van der Waals surface area (Å²) in [7, 11) is 0. The summed E-state index contributed by atoms with van der Waals surface area (Å²) in [6, 6.07) is 0. The summed E-state index contributed by atoms with van der Waals surface area (Å²) >= 11 is 0. The maximum absolute atomic E-state index is 12.2. The third kappa shape index (κ3) is 6.15. The second-order valence-corrected chi connectivity index (χ2v) is 7.77. The van der Waals surface area contributed by atoms with Crippen LogP contribution in [0.2, 0.25) is 0 Å². The summed E-state index contributed by atoms with van der Waals surface area (Å²) in [4.78, 5) is 24.3. The first-order valence-corrected chi connectivity index (χ1v) is 9.37. The fraction of sp³-hybridized carbons (Fsp3) is 0.895. The molecule has 0 N–H and O–H groups in total. The van der Waals surface area contributed by atoms with Gasteiger partial charge >= 0.3 is 11.9 Å². The van der Waals surface area contributed by atoms with Crippen LogP contribution in [0.25, 0.3) is 0 Å². The Morgan fingerprint density at radius 2 is 1.30 bits per heavy atom. The summed E-state index contributed by atoms with van der Waals surface area (Å²) < 4.78 is 11.1. The highest BCUT2D eigenvalue weighted by atomic mass is 16.6. The topological polar surface area (TPSA) is 52.6 Å². The van der Waals surface area contributed by atoms with Gasteiger partial charge in [0, 0.05) is 6.42 Å². The molecule has 0 aromatic carbocycles. The quantitative estimate of drug-likeness (QED) is 0.679. The third-order valence-electron chi connectivity index (χ3n) is 5.20. The van der Waals surface area contributed by atoms with Gasteiger partial charge in [-0.2, -0.15) is 0 Å². The van der Waals surface area contributed by atoms with Crippen molar-refractivity contribution in [3.63, 3.8) is 0 Å².